The van der Waals surface area contributed by atoms with E-state index in [9.17, 15) is 14.4 Å². The molecular weight excluding hydrogens is 322 g/mol. The highest BCUT2D eigenvalue weighted by Gasteiger charge is 2.16. The van der Waals surface area contributed by atoms with Crippen LogP contribution in [0.3, 0.4) is 0 Å². The summed E-state index contributed by atoms with van der Waals surface area (Å²) in [4.78, 5) is 37.4. The number of amides is 1. The van der Waals surface area contributed by atoms with E-state index in [1.807, 2.05) is 0 Å². The van der Waals surface area contributed by atoms with E-state index in [1.54, 1.807) is 50.2 Å². The highest BCUT2D eigenvalue weighted by molar-refractivity contribution is 5.81. The quantitative estimate of drug-likeness (QED) is 0.764. The van der Waals surface area contributed by atoms with Gasteiger partial charge in [-0.1, -0.05) is 12.1 Å². The zero-order valence-corrected chi connectivity index (χ0v) is 14.1. The lowest BCUT2D eigenvalue weighted by Crippen LogP contribution is -2.42. The third kappa shape index (κ3) is 3.13. The molecule has 0 aliphatic rings. The lowest BCUT2D eigenvalue weighted by atomic mass is 10.2. The van der Waals surface area contributed by atoms with Crippen molar-refractivity contribution in [2.45, 2.75) is 33.0 Å². The van der Waals surface area contributed by atoms with Gasteiger partial charge in [0.05, 0.1) is 23.2 Å². The molecular formula is C18H19N3O4. The molecule has 1 unspecified atom stereocenters. The Kier molecular flexibility index (Phi) is 4.56. The molecule has 0 bridgehead atoms. The van der Waals surface area contributed by atoms with E-state index in [0.29, 0.717) is 16.7 Å². The van der Waals surface area contributed by atoms with E-state index >= 15 is 0 Å². The molecule has 2 heterocycles. The molecule has 25 heavy (non-hydrogen) atoms. The number of carbonyl (C=O) groups is 1. The summed E-state index contributed by atoms with van der Waals surface area (Å²) in [7, 11) is 0. The summed E-state index contributed by atoms with van der Waals surface area (Å²) >= 11 is 0. The fraction of sp³-hybridized carbons (Fsp3) is 0.278. The van der Waals surface area contributed by atoms with Gasteiger partial charge in [-0.15, -0.1) is 0 Å². The Morgan fingerprint density at radius 1 is 1.16 bits per heavy atom. The normalized spacial score (nSPS) is 12.2. The highest BCUT2D eigenvalue weighted by atomic mass is 16.3. The monoisotopic (exact) mass is 341 g/mol. The first-order chi connectivity index (χ1) is 12.0. The summed E-state index contributed by atoms with van der Waals surface area (Å²) < 4.78 is 7.72. The first kappa shape index (κ1) is 16.8. The maximum absolute atomic E-state index is 12.6. The third-order valence-corrected chi connectivity index (χ3v) is 4.10. The number of furan rings is 1. The van der Waals surface area contributed by atoms with Crippen molar-refractivity contribution in [3.63, 3.8) is 0 Å². The van der Waals surface area contributed by atoms with E-state index in [-0.39, 0.29) is 30.6 Å². The number of benzene rings is 1. The van der Waals surface area contributed by atoms with E-state index in [2.05, 4.69) is 5.32 Å². The van der Waals surface area contributed by atoms with Gasteiger partial charge in [-0.2, -0.15) is 0 Å². The molecule has 2 aromatic heterocycles. The first-order valence-electron chi connectivity index (χ1n) is 8.08. The minimum absolute atomic E-state index is 0.176. The molecule has 0 saturated carbocycles. The molecule has 0 radical (unpaired) electrons. The predicted octanol–water partition coefficient (Wildman–Crippen LogP) is 1.65. The number of rotatable bonds is 5. The van der Waals surface area contributed by atoms with Gasteiger partial charge < -0.3 is 9.73 Å². The summed E-state index contributed by atoms with van der Waals surface area (Å²) in [5.41, 5.74) is -0.390. The molecule has 0 spiro atoms. The van der Waals surface area contributed by atoms with Crippen LogP contribution in [0.15, 0.2) is 56.7 Å². The van der Waals surface area contributed by atoms with Gasteiger partial charge in [-0.25, -0.2) is 4.79 Å². The molecule has 7 nitrogen and oxygen atoms in total. The zero-order chi connectivity index (χ0) is 18.0. The maximum Gasteiger partial charge on any atom is 0.331 e. The largest absolute Gasteiger partial charge is 0.467 e. The van der Waals surface area contributed by atoms with Crippen LogP contribution in [0.5, 0.6) is 0 Å². The Morgan fingerprint density at radius 2 is 1.92 bits per heavy atom. The Hall–Kier alpha value is -3.09. The number of aromatic nitrogens is 2. The number of hydrogen-bond donors (Lipinski definition) is 1. The number of para-hydroxylation sites is 1. The van der Waals surface area contributed by atoms with Crippen molar-refractivity contribution in [2.75, 3.05) is 0 Å². The molecule has 1 aromatic carbocycles. The highest BCUT2D eigenvalue weighted by Crippen LogP contribution is 2.12. The molecule has 130 valence electrons. The fourth-order valence-electron chi connectivity index (χ4n) is 2.84. The Labute approximate surface area is 143 Å². The van der Waals surface area contributed by atoms with Crippen molar-refractivity contribution >= 4 is 16.8 Å². The van der Waals surface area contributed by atoms with Crippen LogP contribution in [0.1, 0.15) is 25.6 Å². The molecule has 3 aromatic rings. The summed E-state index contributed by atoms with van der Waals surface area (Å²) in [6.45, 7) is 3.59. The molecule has 0 fully saturated rings. The van der Waals surface area contributed by atoms with Crippen molar-refractivity contribution in [3.8, 4) is 0 Å². The number of carbonyl (C=O) groups excluding carboxylic acids is 1. The molecule has 3 rings (SSSR count). The van der Waals surface area contributed by atoms with Crippen LogP contribution in [0.4, 0.5) is 0 Å². The number of hydrogen-bond acceptors (Lipinski definition) is 4. The van der Waals surface area contributed by atoms with Crippen LogP contribution >= 0.6 is 0 Å². The summed E-state index contributed by atoms with van der Waals surface area (Å²) in [5.74, 6) is 0.293. The lowest BCUT2D eigenvalue weighted by Gasteiger charge is -2.15. The second-order valence-electron chi connectivity index (χ2n) is 5.74. The van der Waals surface area contributed by atoms with Crippen molar-refractivity contribution in [2.24, 2.45) is 0 Å². The molecule has 1 amide bonds. The summed E-state index contributed by atoms with van der Waals surface area (Å²) in [5, 5.41) is 3.21. The number of nitrogens with zero attached hydrogens (tertiary/aromatic N) is 2. The molecule has 1 N–H and O–H groups in total. The third-order valence-electron chi connectivity index (χ3n) is 4.10. The standard InChI is InChI=1S/C18H19N3O4/c1-3-20-17(23)13-7-4-5-8-14(13)21(18(20)24)11-16(22)19-12(2)15-9-6-10-25-15/h4-10,12H,3,11H2,1-2H3,(H,19,22). The van der Waals surface area contributed by atoms with Crippen LogP contribution < -0.4 is 16.6 Å². The van der Waals surface area contributed by atoms with E-state index in [0.717, 1.165) is 4.57 Å². The zero-order valence-electron chi connectivity index (χ0n) is 14.1. The van der Waals surface area contributed by atoms with Crippen LogP contribution in [0.2, 0.25) is 0 Å². The van der Waals surface area contributed by atoms with Crippen molar-refractivity contribution in [1.29, 1.82) is 0 Å². The molecule has 1 atom stereocenters. The molecule has 0 saturated heterocycles. The second kappa shape index (κ2) is 6.80. The number of nitrogens with one attached hydrogen (secondary N) is 1. The average Bonchev–Trinajstić information content (AvgIpc) is 3.14. The van der Waals surface area contributed by atoms with Crippen molar-refractivity contribution < 1.29 is 9.21 Å². The van der Waals surface area contributed by atoms with Gasteiger partial charge in [0.2, 0.25) is 5.91 Å². The van der Waals surface area contributed by atoms with Gasteiger partial charge in [-0.3, -0.25) is 18.7 Å². The van der Waals surface area contributed by atoms with Gasteiger partial charge in [0.25, 0.3) is 5.56 Å². The smallest absolute Gasteiger partial charge is 0.331 e. The first-order valence-corrected chi connectivity index (χ1v) is 8.08. The Morgan fingerprint density at radius 3 is 2.60 bits per heavy atom. The molecule has 0 aliphatic carbocycles. The van der Waals surface area contributed by atoms with E-state index in [1.165, 1.54) is 10.8 Å². The van der Waals surface area contributed by atoms with Gasteiger partial charge in [0, 0.05) is 6.54 Å². The topological polar surface area (TPSA) is 86.2 Å². The minimum Gasteiger partial charge on any atom is -0.467 e. The van der Waals surface area contributed by atoms with E-state index < -0.39 is 5.69 Å². The van der Waals surface area contributed by atoms with Crippen molar-refractivity contribution in [1.82, 2.24) is 14.5 Å². The molecule has 0 aliphatic heterocycles. The van der Waals surface area contributed by atoms with Crippen LogP contribution in [-0.4, -0.2) is 15.0 Å². The van der Waals surface area contributed by atoms with Gasteiger partial charge in [0.15, 0.2) is 0 Å². The van der Waals surface area contributed by atoms with E-state index in [4.69, 9.17) is 4.42 Å². The number of fused-ring (bicyclic) bond motifs is 1. The summed E-state index contributed by atoms with van der Waals surface area (Å²) in [6.07, 6.45) is 1.53. The van der Waals surface area contributed by atoms with Crippen LogP contribution in [0.25, 0.3) is 10.9 Å². The predicted molar refractivity (Wildman–Crippen MR) is 93.4 cm³/mol. The SMILES string of the molecule is CCn1c(=O)c2ccccc2n(CC(=O)NC(C)c2ccco2)c1=O. The molecule has 7 heteroatoms. The average molecular weight is 341 g/mol. The minimum atomic E-state index is -0.494. The Balaban J connectivity index is 1.97. The second-order valence-corrected chi connectivity index (χ2v) is 5.74. The van der Waals surface area contributed by atoms with Gasteiger partial charge in [0.1, 0.15) is 12.3 Å². The lowest BCUT2D eigenvalue weighted by molar-refractivity contribution is -0.122. The fourth-order valence-corrected chi connectivity index (χ4v) is 2.84. The Bertz CT molecular complexity index is 1010. The summed E-state index contributed by atoms with van der Waals surface area (Å²) in [6, 6.07) is 9.98. The maximum atomic E-state index is 12.6. The van der Waals surface area contributed by atoms with Gasteiger partial charge in [-0.05, 0) is 38.1 Å². The van der Waals surface area contributed by atoms with Crippen molar-refractivity contribution in [3.05, 3.63) is 69.3 Å². The van der Waals surface area contributed by atoms with Gasteiger partial charge >= 0.3 is 5.69 Å². The van der Waals surface area contributed by atoms with Crippen LogP contribution in [0, 0.1) is 0 Å². The van der Waals surface area contributed by atoms with Crippen LogP contribution in [-0.2, 0) is 17.9 Å².